The molecule has 0 aliphatic carbocycles. The van der Waals surface area contributed by atoms with Gasteiger partial charge in [0.05, 0.1) is 4.90 Å². The number of carbonyl (C=O) groups is 1. The number of hydrogen-bond acceptors (Lipinski definition) is 4. The quantitative estimate of drug-likeness (QED) is 0.836. The summed E-state index contributed by atoms with van der Waals surface area (Å²) in [6, 6.07) is 14.7. The van der Waals surface area contributed by atoms with Gasteiger partial charge in [0.2, 0.25) is 15.9 Å². The van der Waals surface area contributed by atoms with Crippen molar-refractivity contribution in [2.24, 2.45) is 0 Å². The summed E-state index contributed by atoms with van der Waals surface area (Å²) in [5.74, 6) is -0.183. The normalized spacial score (nSPS) is 16.5. The molecule has 0 saturated carbocycles. The van der Waals surface area contributed by atoms with Gasteiger partial charge in [-0.05, 0) is 55.3 Å². The summed E-state index contributed by atoms with van der Waals surface area (Å²) >= 11 is 0. The van der Waals surface area contributed by atoms with Gasteiger partial charge in [-0.15, -0.1) is 0 Å². The number of anilines is 1. The molecule has 0 aromatic heterocycles. The highest BCUT2D eigenvalue weighted by atomic mass is 32.2. The lowest BCUT2D eigenvalue weighted by Crippen LogP contribution is -2.35. The number of carbonyl (C=O) groups excluding carboxylic acids is 1. The second-order valence-corrected chi connectivity index (χ2v) is 9.10. The third-order valence-electron chi connectivity index (χ3n) is 5.02. The molecular weight excluding hydrogens is 374 g/mol. The van der Waals surface area contributed by atoms with Gasteiger partial charge in [0, 0.05) is 38.8 Å². The fraction of sp³-hybridized carbons (Fsp3) is 0.381. The van der Waals surface area contributed by atoms with Gasteiger partial charge >= 0.3 is 0 Å². The number of nitrogens with one attached hydrogen (secondary N) is 1. The van der Waals surface area contributed by atoms with Crippen molar-refractivity contribution in [3.05, 3.63) is 59.7 Å². The molecule has 3 rings (SSSR count). The molecule has 0 bridgehead atoms. The second kappa shape index (κ2) is 8.86. The van der Waals surface area contributed by atoms with E-state index < -0.39 is 10.0 Å². The van der Waals surface area contributed by atoms with Crippen LogP contribution in [0.4, 0.5) is 5.69 Å². The molecule has 1 aliphatic heterocycles. The van der Waals surface area contributed by atoms with E-state index in [0.717, 1.165) is 19.5 Å². The van der Waals surface area contributed by atoms with E-state index in [0.29, 0.717) is 25.3 Å². The first kappa shape index (κ1) is 20.5. The standard InChI is InChI=1S/C21H27N3O3S/c1-17-6-3-4-7-19(17)16-23-12-5-13-24(15-14-23)28(26,27)21-10-8-20(9-11-21)22-18(2)25/h3-4,6-11H,5,12-16H2,1-2H3,(H,22,25). The van der Waals surface area contributed by atoms with E-state index >= 15 is 0 Å². The van der Waals surface area contributed by atoms with E-state index in [1.807, 2.05) is 12.1 Å². The van der Waals surface area contributed by atoms with Crippen LogP contribution in [0.25, 0.3) is 0 Å². The Kier molecular flexibility index (Phi) is 6.49. The highest BCUT2D eigenvalue weighted by Crippen LogP contribution is 2.21. The maximum absolute atomic E-state index is 13.0. The molecule has 1 fully saturated rings. The van der Waals surface area contributed by atoms with Crippen molar-refractivity contribution < 1.29 is 13.2 Å². The van der Waals surface area contributed by atoms with Crippen LogP contribution in [0.1, 0.15) is 24.5 Å². The molecule has 28 heavy (non-hydrogen) atoms. The number of aryl methyl sites for hydroxylation is 1. The molecule has 1 saturated heterocycles. The maximum Gasteiger partial charge on any atom is 0.243 e. The zero-order chi connectivity index (χ0) is 20.1. The third kappa shape index (κ3) is 4.98. The van der Waals surface area contributed by atoms with Crippen molar-refractivity contribution in [2.45, 2.75) is 31.7 Å². The SMILES string of the molecule is CC(=O)Nc1ccc(S(=O)(=O)N2CCCN(Cc3ccccc3C)CC2)cc1. The van der Waals surface area contributed by atoms with Crippen LogP contribution in [-0.4, -0.2) is 49.7 Å². The Labute approximate surface area is 167 Å². The van der Waals surface area contributed by atoms with Crippen molar-refractivity contribution >= 4 is 21.6 Å². The molecule has 0 spiro atoms. The molecule has 2 aromatic carbocycles. The van der Waals surface area contributed by atoms with Crippen molar-refractivity contribution in [2.75, 3.05) is 31.5 Å². The molecule has 7 heteroatoms. The van der Waals surface area contributed by atoms with Crippen molar-refractivity contribution in [1.29, 1.82) is 0 Å². The highest BCUT2D eigenvalue weighted by molar-refractivity contribution is 7.89. The first-order valence-electron chi connectivity index (χ1n) is 9.51. The minimum absolute atomic E-state index is 0.183. The van der Waals surface area contributed by atoms with Crippen LogP contribution in [-0.2, 0) is 21.4 Å². The van der Waals surface area contributed by atoms with Gasteiger partial charge in [0.15, 0.2) is 0 Å². The lowest BCUT2D eigenvalue weighted by molar-refractivity contribution is -0.114. The van der Waals surface area contributed by atoms with Gasteiger partial charge < -0.3 is 5.32 Å². The fourth-order valence-electron chi connectivity index (χ4n) is 3.44. The van der Waals surface area contributed by atoms with Crippen LogP contribution >= 0.6 is 0 Å². The van der Waals surface area contributed by atoms with Gasteiger partial charge in [0.1, 0.15) is 0 Å². The first-order chi connectivity index (χ1) is 13.4. The zero-order valence-corrected chi connectivity index (χ0v) is 17.2. The van der Waals surface area contributed by atoms with E-state index in [1.165, 1.54) is 18.1 Å². The van der Waals surface area contributed by atoms with Crippen LogP contribution in [0, 0.1) is 6.92 Å². The smallest absolute Gasteiger partial charge is 0.243 e. The number of benzene rings is 2. The molecule has 0 radical (unpaired) electrons. The second-order valence-electron chi connectivity index (χ2n) is 7.17. The van der Waals surface area contributed by atoms with Gasteiger partial charge in [-0.25, -0.2) is 8.42 Å². The molecule has 1 aliphatic rings. The van der Waals surface area contributed by atoms with E-state index in [1.54, 1.807) is 28.6 Å². The summed E-state index contributed by atoms with van der Waals surface area (Å²) in [5.41, 5.74) is 3.13. The minimum Gasteiger partial charge on any atom is -0.326 e. The minimum atomic E-state index is -3.54. The number of amides is 1. The number of hydrogen-bond donors (Lipinski definition) is 1. The Morgan fingerprint density at radius 2 is 1.71 bits per heavy atom. The predicted molar refractivity (Wildman–Crippen MR) is 111 cm³/mol. The van der Waals surface area contributed by atoms with Crippen molar-refractivity contribution in [1.82, 2.24) is 9.21 Å². The Morgan fingerprint density at radius 1 is 1.00 bits per heavy atom. The molecule has 150 valence electrons. The maximum atomic E-state index is 13.0. The first-order valence-corrected chi connectivity index (χ1v) is 10.9. The predicted octanol–water partition coefficient (Wildman–Crippen LogP) is 2.85. The topological polar surface area (TPSA) is 69.7 Å². The number of nitrogens with zero attached hydrogens (tertiary/aromatic N) is 2. The van der Waals surface area contributed by atoms with Crippen LogP contribution in [0.5, 0.6) is 0 Å². The zero-order valence-electron chi connectivity index (χ0n) is 16.4. The van der Waals surface area contributed by atoms with Crippen LogP contribution < -0.4 is 5.32 Å². The molecule has 1 heterocycles. The summed E-state index contributed by atoms with van der Waals surface area (Å²) in [7, 11) is -3.54. The Balaban J connectivity index is 1.67. The average molecular weight is 402 g/mol. The highest BCUT2D eigenvalue weighted by Gasteiger charge is 2.27. The molecule has 2 aromatic rings. The molecule has 0 unspecified atom stereocenters. The summed E-state index contributed by atoms with van der Waals surface area (Å²) in [6.45, 7) is 6.94. The van der Waals surface area contributed by atoms with Crippen LogP contribution in [0.15, 0.2) is 53.4 Å². The van der Waals surface area contributed by atoms with E-state index in [2.05, 4.69) is 29.3 Å². The Morgan fingerprint density at radius 3 is 2.39 bits per heavy atom. The molecule has 1 amide bonds. The molecule has 0 atom stereocenters. The molecular formula is C21H27N3O3S. The molecule has 1 N–H and O–H groups in total. The van der Waals surface area contributed by atoms with Gasteiger partial charge in [-0.3, -0.25) is 9.69 Å². The fourth-order valence-corrected chi connectivity index (χ4v) is 4.91. The van der Waals surface area contributed by atoms with Gasteiger partial charge in [-0.1, -0.05) is 24.3 Å². The number of sulfonamides is 1. The van der Waals surface area contributed by atoms with Crippen LogP contribution in [0.3, 0.4) is 0 Å². The largest absolute Gasteiger partial charge is 0.326 e. The Hall–Kier alpha value is -2.22. The van der Waals surface area contributed by atoms with Crippen molar-refractivity contribution in [3.8, 4) is 0 Å². The van der Waals surface area contributed by atoms with Crippen LogP contribution in [0.2, 0.25) is 0 Å². The third-order valence-corrected chi connectivity index (χ3v) is 6.93. The Bertz CT molecular complexity index is 926. The van der Waals surface area contributed by atoms with Crippen molar-refractivity contribution in [3.63, 3.8) is 0 Å². The van der Waals surface area contributed by atoms with E-state index in [4.69, 9.17) is 0 Å². The summed E-state index contributed by atoms with van der Waals surface area (Å²) in [5, 5.41) is 2.65. The lowest BCUT2D eigenvalue weighted by atomic mass is 10.1. The van der Waals surface area contributed by atoms with Gasteiger partial charge in [0.25, 0.3) is 0 Å². The summed E-state index contributed by atoms with van der Waals surface area (Å²) < 4.78 is 27.6. The van der Waals surface area contributed by atoms with Gasteiger partial charge in [-0.2, -0.15) is 4.31 Å². The summed E-state index contributed by atoms with van der Waals surface area (Å²) in [4.78, 5) is 13.7. The van der Waals surface area contributed by atoms with E-state index in [-0.39, 0.29) is 10.8 Å². The van der Waals surface area contributed by atoms with E-state index in [9.17, 15) is 13.2 Å². The monoisotopic (exact) mass is 401 g/mol. The molecule has 6 nitrogen and oxygen atoms in total. The number of rotatable bonds is 5. The summed E-state index contributed by atoms with van der Waals surface area (Å²) in [6.07, 6.45) is 0.801. The lowest BCUT2D eigenvalue weighted by Gasteiger charge is -2.22. The average Bonchev–Trinajstić information content (AvgIpc) is 2.90.